The second-order valence-corrected chi connectivity index (χ2v) is 9.69. The molecule has 0 saturated heterocycles. The van der Waals surface area contributed by atoms with E-state index < -0.39 is 0 Å². The Bertz CT molecular complexity index is 1970. The minimum atomic E-state index is 0.911. The van der Waals surface area contributed by atoms with Crippen LogP contribution in [0.3, 0.4) is 0 Å². The van der Waals surface area contributed by atoms with Gasteiger partial charge in [0.15, 0.2) is 0 Å². The molecule has 0 aliphatic carbocycles. The number of ether oxygens (including phenoxy) is 1. The van der Waals surface area contributed by atoms with E-state index in [-0.39, 0.29) is 0 Å². The summed E-state index contributed by atoms with van der Waals surface area (Å²) in [5.74, 6) is 1.83. The average Bonchev–Trinajstić information content (AvgIpc) is 3.42. The zero-order valence-corrected chi connectivity index (χ0v) is 20.5. The fourth-order valence-electron chi connectivity index (χ4n) is 5.61. The van der Waals surface area contributed by atoms with E-state index in [1.165, 1.54) is 38.6 Å². The van der Waals surface area contributed by atoms with E-state index in [0.717, 1.165) is 34.0 Å². The minimum Gasteiger partial charge on any atom is -0.456 e. The SMILES string of the molecule is c1cc(-c2ccc(-c3cn4ccccc4n3)cc2)cc(-c2ccc3c4c(cccc24)-c2ccccc2O3)c1. The number of benzene rings is 5. The van der Waals surface area contributed by atoms with Crippen molar-refractivity contribution in [1.82, 2.24) is 9.38 Å². The summed E-state index contributed by atoms with van der Waals surface area (Å²) in [5.41, 5.74) is 10.2. The quantitative estimate of drug-likeness (QED) is 0.249. The lowest BCUT2D eigenvalue weighted by atomic mass is 9.90. The van der Waals surface area contributed by atoms with E-state index in [1.807, 2.05) is 36.5 Å². The molecule has 38 heavy (non-hydrogen) atoms. The fourth-order valence-corrected chi connectivity index (χ4v) is 5.61. The van der Waals surface area contributed by atoms with Gasteiger partial charge in [0.2, 0.25) is 0 Å². The van der Waals surface area contributed by atoms with Crippen LogP contribution in [0.4, 0.5) is 0 Å². The number of pyridine rings is 1. The summed E-state index contributed by atoms with van der Waals surface area (Å²) in [5, 5.41) is 2.37. The lowest BCUT2D eigenvalue weighted by Gasteiger charge is -2.22. The molecule has 2 aromatic heterocycles. The Morgan fingerprint density at radius 3 is 2.24 bits per heavy atom. The van der Waals surface area contributed by atoms with Gasteiger partial charge < -0.3 is 9.14 Å². The predicted molar refractivity (Wildman–Crippen MR) is 155 cm³/mol. The van der Waals surface area contributed by atoms with E-state index in [4.69, 9.17) is 9.72 Å². The van der Waals surface area contributed by atoms with Gasteiger partial charge in [-0.25, -0.2) is 4.98 Å². The smallest absolute Gasteiger partial charge is 0.137 e. The highest BCUT2D eigenvalue weighted by Gasteiger charge is 2.21. The molecule has 8 rings (SSSR count). The Hall–Kier alpha value is -5.15. The molecule has 178 valence electrons. The Kier molecular flexibility index (Phi) is 4.52. The van der Waals surface area contributed by atoms with Gasteiger partial charge in [-0.15, -0.1) is 0 Å². The van der Waals surface area contributed by atoms with Crippen LogP contribution in [0.1, 0.15) is 0 Å². The van der Waals surface area contributed by atoms with Crippen LogP contribution in [0.15, 0.2) is 134 Å². The standard InChI is InChI=1S/C35H22N2O/c1-2-12-32-28(9-1)30-11-6-10-29-27(18-19-33(38-32)35(29)30)26-8-5-7-25(21-26)23-14-16-24(17-15-23)31-22-37-20-4-3-13-34(37)36-31/h1-22H. The van der Waals surface area contributed by atoms with Crippen molar-refractivity contribution >= 4 is 16.4 Å². The predicted octanol–water partition coefficient (Wildman–Crippen LogP) is 9.26. The zero-order valence-electron chi connectivity index (χ0n) is 20.5. The molecule has 3 heterocycles. The van der Waals surface area contributed by atoms with Crippen molar-refractivity contribution in [2.24, 2.45) is 0 Å². The maximum atomic E-state index is 6.29. The van der Waals surface area contributed by atoms with Gasteiger partial charge in [-0.3, -0.25) is 0 Å². The molecular weight excluding hydrogens is 464 g/mol. The fraction of sp³-hybridized carbons (Fsp3) is 0. The molecule has 0 N–H and O–H groups in total. The molecule has 7 aromatic rings. The molecular formula is C35H22N2O. The largest absolute Gasteiger partial charge is 0.456 e. The molecule has 0 unspecified atom stereocenters. The van der Waals surface area contributed by atoms with Crippen molar-refractivity contribution in [2.75, 3.05) is 0 Å². The van der Waals surface area contributed by atoms with Gasteiger partial charge in [-0.2, -0.15) is 0 Å². The number of aromatic nitrogens is 2. The Labute approximate surface area is 220 Å². The molecule has 3 heteroatoms. The molecule has 0 spiro atoms. The summed E-state index contributed by atoms with van der Waals surface area (Å²) in [6.07, 6.45) is 4.10. The molecule has 1 aliphatic heterocycles. The number of hydrogen-bond donors (Lipinski definition) is 0. The van der Waals surface area contributed by atoms with Gasteiger partial charge in [0.25, 0.3) is 0 Å². The summed E-state index contributed by atoms with van der Waals surface area (Å²) in [7, 11) is 0. The van der Waals surface area contributed by atoms with Crippen molar-refractivity contribution in [3.05, 3.63) is 134 Å². The molecule has 0 atom stereocenters. The van der Waals surface area contributed by atoms with Crippen LogP contribution in [-0.4, -0.2) is 9.38 Å². The topological polar surface area (TPSA) is 26.5 Å². The summed E-state index contributed by atoms with van der Waals surface area (Å²) in [6.45, 7) is 0. The highest BCUT2D eigenvalue weighted by molar-refractivity contribution is 6.10. The number of hydrogen-bond acceptors (Lipinski definition) is 2. The number of imidazole rings is 1. The van der Waals surface area contributed by atoms with E-state index in [1.54, 1.807) is 0 Å². The van der Waals surface area contributed by atoms with E-state index in [9.17, 15) is 0 Å². The number of nitrogens with zero attached hydrogens (tertiary/aromatic N) is 2. The van der Waals surface area contributed by atoms with E-state index in [0.29, 0.717) is 0 Å². The third kappa shape index (κ3) is 3.26. The summed E-state index contributed by atoms with van der Waals surface area (Å²) in [6, 6.07) is 42.6. The molecule has 5 aromatic carbocycles. The first-order valence-electron chi connectivity index (χ1n) is 12.8. The Morgan fingerprint density at radius 1 is 0.526 bits per heavy atom. The van der Waals surface area contributed by atoms with Crippen molar-refractivity contribution in [3.8, 4) is 56.1 Å². The average molecular weight is 487 g/mol. The van der Waals surface area contributed by atoms with E-state index >= 15 is 0 Å². The Morgan fingerprint density at radius 2 is 1.32 bits per heavy atom. The molecule has 0 amide bonds. The lowest BCUT2D eigenvalue weighted by molar-refractivity contribution is 0.487. The molecule has 3 nitrogen and oxygen atoms in total. The van der Waals surface area contributed by atoms with Crippen molar-refractivity contribution in [1.29, 1.82) is 0 Å². The first-order chi connectivity index (χ1) is 18.8. The van der Waals surface area contributed by atoms with Crippen LogP contribution in [0.2, 0.25) is 0 Å². The van der Waals surface area contributed by atoms with Crippen LogP contribution in [0.25, 0.3) is 61.1 Å². The third-order valence-electron chi connectivity index (χ3n) is 7.45. The maximum Gasteiger partial charge on any atom is 0.137 e. The van der Waals surface area contributed by atoms with Gasteiger partial charge in [0.05, 0.1) is 5.69 Å². The van der Waals surface area contributed by atoms with Gasteiger partial charge in [-0.05, 0) is 63.5 Å². The second-order valence-electron chi connectivity index (χ2n) is 9.69. The van der Waals surface area contributed by atoms with Gasteiger partial charge >= 0.3 is 0 Å². The minimum absolute atomic E-state index is 0.911. The lowest BCUT2D eigenvalue weighted by Crippen LogP contribution is -1.97. The van der Waals surface area contributed by atoms with Crippen LogP contribution in [0, 0.1) is 0 Å². The first-order valence-corrected chi connectivity index (χ1v) is 12.8. The van der Waals surface area contributed by atoms with Crippen molar-refractivity contribution in [2.45, 2.75) is 0 Å². The molecule has 0 radical (unpaired) electrons. The van der Waals surface area contributed by atoms with Gasteiger partial charge in [0, 0.05) is 28.9 Å². The summed E-state index contributed by atoms with van der Waals surface area (Å²) >= 11 is 0. The van der Waals surface area contributed by atoms with Crippen molar-refractivity contribution in [3.63, 3.8) is 0 Å². The van der Waals surface area contributed by atoms with Crippen LogP contribution < -0.4 is 4.74 Å². The third-order valence-corrected chi connectivity index (χ3v) is 7.45. The summed E-state index contributed by atoms with van der Waals surface area (Å²) < 4.78 is 8.35. The van der Waals surface area contributed by atoms with Gasteiger partial charge in [-0.1, -0.05) is 91.0 Å². The number of rotatable bonds is 3. The number of para-hydroxylation sites is 1. The molecule has 0 saturated carbocycles. The van der Waals surface area contributed by atoms with Crippen LogP contribution >= 0.6 is 0 Å². The van der Waals surface area contributed by atoms with Crippen LogP contribution in [-0.2, 0) is 0 Å². The molecule has 0 bridgehead atoms. The van der Waals surface area contributed by atoms with Crippen molar-refractivity contribution < 1.29 is 4.74 Å². The van der Waals surface area contributed by atoms with Crippen LogP contribution in [0.5, 0.6) is 11.5 Å². The monoisotopic (exact) mass is 486 g/mol. The first kappa shape index (κ1) is 21.0. The normalized spacial score (nSPS) is 11.9. The van der Waals surface area contributed by atoms with E-state index in [2.05, 4.69) is 102 Å². The molecule has 0 fully saturated rings. The highest BCUT2D eigenvalue weighted by Crippen LogP contribution is 2.48. The summed E-state index contributed by atoms with van der Waals surface area (Å²) in [4.78, 5) is 4.76. The maximum absolute atomic E-state index is 6.29. The Balaban J connectivity index is 1.19. The highest BCUT2D eigenvalue weighted by atomic mass is 16.5. The molecule has 1 aliphatic rings. The second kappa shape index (κ2) is 8.19. The zero-order chi connectivity index (χ0) is 25.1. The number of fused-ring (bicyclic) bond motifs is 3. The van der Waals surface area contributed by atoms with Gasteiger partial charge in [0.1, 0.15) is 17.1 Å².